The lowest BCUT2D eigenvalue weighted by molar-refractivity contribution is -0.122. The van der Waals surface area contributed by atoms with E-state index in [1.54, 1.807) is 0 Å². The first kappa shape index (κ1) is 74.4. The molecular formula is C50H106N14O8. The molecule has 0 aliphatic heterocycles. The Hall–Kier alpha value is -4.16. The van der Waals surface area contributed by atoms with Gasteiger partial charge in [0.1, 0.15) is 11.6 Å². The second-order valence-corrected chi connectivity index (χ2v) is 18.2. The summed E-state index contributed by atoms with van der Waals surface area (Å²) in [7, 11) is 0. The Morgan fingerprint density at radius 2 is 0.306 bits per heavy atom. The minimum absolute atomic E-state index is 0.0307. The average molecular weight is 1030 g/mol. The summed E-state index contributed by atoms with van der Waals surface area (Å²) in [4.78, 5) is 86.4. The third kappa shape index (κ3) is 67.9. The van der Waals surface area contributed by atoms with Gasteiger partial charge in [-0.1, -0.05) is 154 Å². The van der Waals surface area contributed by atoms with Gasteiger partial charge in [0.2, 0.25) is 35.4 Å². The molecule has 0 fully saturated rings. The van der Waals surface area contributed by atoms with Gasteiger partial charge in [-0.2, -0.15) is 0 Å². The Balaban J connectivity index is -0.000000445. The first-order chi connectivity index (χ1) is 34.8. The van der Waals surface area contributed by atoms with E-state index >= 15 is 0 Å². The van der Waals surface area contributed by atoms with E-state index in [1.807, 2.05) is 5.43 Å². The molecule has 22 nitrogen and oxygen atoms in total. The molecule has 0 spiro atoms. The zero-order chi connectivity index (χ0) is 54.6. The number of rotatable bonds is 46. The topological polar surface area (TPSA) is 417 Å². The van der Waals surface area contributed by atoms with Crippen LogP contribution >= 0.6 is 0 Å². The fraction of sp³-hybridized carbons (Fsp3) is 0.840. The van der Waals surface area contributed by atoms with Crippen molar-refractivity contribution >= 4 is 47.0 Å². The molecule has 424 valence electrons. The Kier molecular flexibility index (Phi) is 65.0. The Morgan fingerprint density at radius 1 is 0.194 bits per heavy atom. The average Bonchev–Trinajstić information content (AvgIpc) is 3.40. The number of amides is 6. The largest absolute Gasteiger partial charge is 0.324 e. The van der Waals surface area contributed by atoms with Crippen molar-refractivity contribution in [1.82, 2.24) is 32.6 Å². The number of nitrogens with one attached hydrogen (secondary N) is 6. The third-order valence-corrected chi connectivity index (χ3v) is 11.8. The molecule has 0 radical (unpaired) electrons. The second kappa shape index (κ2) is 63.0. The molecule has 0 heterocycles. The maximum atomic E-state index is 11.0. The van der Waals surface area contributed by atoms with Crippen LogP contribution in [0.1, 0.15) is 257 Å². The number of ketones is 2. The molecule has 72 heavy (non-hydrogen) atoms. The van der Waals surface area contributed by atoms with Gasteiger partial charge < -0.3 is 11.5 Å². The van der Waals surface area contributed by atoms with Gasteiger partial charge in [0.05, 0.1) is 13.1 Å². The Morgan fingerprint density at radius 3 is 0.444 bits per heavy atom. The van der Waals surface area contributed by atoms with Crippen LogP contribution in [0.4, 0.5) is 0 Å². The lowest BCUT2D eigenvalue weighted by Crippen LogP contribution is -2.29. The number of hydrazine groups is 6. The molecule has 0 aromatic carbocycles. The molecule has 0 atom stereocenters. The molecule has 0 aliphatic carbocycles. The monoisotopic (exact) mass is 1030 g/mol. The highest BCUT2D eigenvalue weighted by atomic mass is 16.2. The highest BCUT2D eigenvalue weighted by Crippen LogP contribution is 2.15. The summed E-state index contributed by atoms with van der Waals surface area (Å²) >= 11 is 0. The smallest absolute Gasteiger partial charge is 0.233 e. The molecule has 22 heteroatoms. The zero-order valence-electron chi connectivity index (χ0n) is 44.6. The summed E-state index contributed by atoms with van der Waals surface area (Å²) in [6.07, 6.45) is 40.2. The van der Waals surface area contributed by atoms with Crippen molar-refractivity contribution in [2.45, 2.75) is 257 Å². The number of Topliss-reactive ketones (excluding diaryl/α,β-unsaturated/α-hetero) is 2. The summed E-state index contributed by atoms with van der Waals surface area (Å²) in [5, 5.41) is 0. The number of hydrogen-bond donors (Lipinski definition) is 14. The minimum Gasteiger partial charge on any atom is -0.324 e. The lowest BCUT2D eigenvalue weighted by atomic mass is 10.0. The predicted molar refractivity (Wildman–Crippen MR) is 287 cm³/mol. The van der Waals surface area contributed by atoms with Crippen molar-refractivity contribution in [3.8, 4) is 0 Å². The van der Waals surface area contributed by atoms with E-state index in [0.29, 0.717) is 64.2 Å². The summed E-state index contributed by atoms with van der Waals surface area (Å²) < 4.78 is 0. The van der Waals surface area contributed by atoms with Gasteiger partial charge in [0.15, 0.2) is 0 Å². The van der Waals surface area contributed by atoms with Crippen molar-refractivity contribution in [3.63, 3.8) is 0 Å². The first-order valence-electron chi connectivity index (χ1n) is 27.2. The molecule has 0 rings (SSSR count). The summed E-state index contributed by atoms with van der Waals surface area (Å²) in [5.41, 5.74) is 23.0. The van der Waals surface area contributed by atoms with Crippen LogP contribution in [0.25, 0.3) is 0 Å². The quantitative estimate of drug-likeness (QED) is 0.0172. The molecule has 22 N–H and O–H groups in total. The van der Waals surface area contributed by atoms with E-state index in [4.69, 9.17) is 46.5 Å². The fourth-order valence-corrected chi connectivity index (χ4v) is 7.24. The van der Waals surface area contributed by atoms with Crippen molar-refractivity contribution in [2.24, 2.45) is 46.5 Å². The number of nitrogens with two attached hydrogens (primary N) is 8. The van der Waals surface area contributed by atoms with Crippen LogP contribution in [0.15, 0.2) is 0 Å². The normalized spacial score (nSPS) is 10.2. The minimum atomic E-state index is -0.199. The highest BCUT2D eigenvalue weighted by Gasteiger charge is 2.04. The van der Waals surface area contributed by atoms with Crippen LogP contribution in [0.5, 0.6) is 0 Å². The zero-order valence-corrected chi connectivity index (χ0v) is 44.6. The van der Waals surface area contributed by atoms with Crippen LogP contribution in [-0.2, 0) is 38.4 Å². The Bertz CT molecular complexity index is 1220. The second-order valence-electron chi connectivity index (χ2n) is 18.2. The molecule has 6 amide bonds. The van der Waals surface area contributed by atoms with E-state index in [9.17, 15) is 38.4 Å². The first-order valence-corrected chi connectivity index (χ1v) is 27.2. The number of hydrogen-bond acceptors (Lipinski definition) is 16. The van der Waals surface area contributed by atoms with Crippen molar-refractivity contribution in [3.05, 3.63) is 0 Å². The van der Waals surface area contributed by atoms with Crippen molar-refractivity contribution in [1.29, 1.82) is 0 Å². The van der Waals surface area contributed by atoms with Crippen molar-refractivity contribution in [2.75, 3.05) is 13.1 Å². The van der Waals surface area contributed by atoms with E-state index in [1.165, 1.54) is 103 Å². The molecule has 0 bridgehead atoms. The van der Waals surface area contributed by atoms with Crippen LogP contribution in [-0.4, -0.2) is 60.1 Å². The standard InChI is InChI=1S/C20H42N4O2.C13H27N3O2.C10H22N4O2.C7H15N3O2/c21-23-19(25)17-15-13-11-9-7-5-3-1-2-4-6-8-10-12-14-16-18-20(26)24-22;14-11-12(17)9-7-5-3-1-2-4-6-8-10-13(18)16-15;11-13-9(15)7-5-3-1-2-4-6-8-10(16)14-12;8-5-6(11)3-1-2-4-7(12)10-9/h1-18,21-22H2,(H,23,25)(H,24,26);1-11,14-15H2,(H,16,18);1-8,11-12H2,(H,13,15)(H,14,16);1-5,8-9H2,(H,10,12). The summed E-state index contributed by atoms with van der Waals surface area (Å²) in [5.74, 6) is 29.4. The Labute approximate surface area is 433 Å². The molecule has 0 aliphatic rings. The van der Waals surface area contributed by atoms with Gasteiger partial charge in [-0.15, -0.1) is 0 Å². The molecular weight excluding hydrogens is 925 g/mol. The van der Waals surface area contributed by atoms with Gasteiger partial charge >= 0.3 is 0 Å². The van der Waals surface area contributed by atoms with E-state index < -0.39 is 0 Å². The van der Waals surface area contributed by atoms with Gasteiger partial charge in [0, 0.05) is 51.4 Å². The number of carbonyl (C=O) groups is 8. The SMILES string of the molecule is NCC(=O)CCCCC(=O)NN.NCC(=O)CCCCCCCCCCC(=O)NN.NNC(=O)CCCCCCCCC(=O)NN.NNC(=O)CCCCCCCCCCCCCCCCCCC(=O)NN. The number of unbranched alkanes of at least 4 members (excludes halogenated alkanes) is 28. The lowest BCUT2D eigenvalue weighted by Gasteiger charge is -2.04. The summed E-state index contributed by atoms with van der Waals surface area (Å²) in [6, 6.07) is 0. The van der Waals surface area contributed by atoms with E-state index in [0.717, 1.165) is 89.9 Å². The van der Waals surface area contributed by atoms with Crippen LogP contribution in [0.2, 0.25) is 0 Å². The van der Waals surface area contributed by atoms with Gasteiger partial charge in [0.25, 0.3) is 0 Å². The van der Waals surface area contributed by atoms with Crippen LogP contribution in [0.3, 0.4) is 0 Å². The molecule has 0 saturated heterocycles. The molecule has 0 aromatic heterocycles. The maximum Gasteiger partial charge on any atom is 0.233 e. The molecule has 0 unspecified atom stereocenters. The van der Waals surface area contributed by atoms with E-state index in [-0.39, 0.29) is 60.1 Å². The van der Waals surface area contributed by atoms with E-state index in [2.05, 4.69) is 27.1 Å². The van der Waals surface area contributed by atoms with Crippen LogP contribution in [0, 0.1) is 0 Å². The highest BCUT2D eigenvalue weighted by molar-refractivity contribution is 5.80. The van der Waals surface area contributed by atoms with Gasteiger partial charge in [-0.25, -0.2) is 35.1 Å². The van der Waals surface area contributed by atoms with Crippen LogP contribution < -0.4 is 79.1 Å². The number of carbonyl (C=O) groups excluding carboxylic acids is 8. The predicted octanol–water partition coefficient (Wildman–Crippen LogP) is 4.54. The molecule has 0 aromatic rings. The third-order valence-electron chi connectivity index (χ3n) is 11.8. The maximum absolute atomic E-state index is 11.0. The van der Waals surface area contributed by atoms with Crippen molar-refractivity contribution < 1.29 is 38.4 Å². The molecule has 0 saturated carbocycles. The summed E-state index contributed by atoms with van der Waals surface area (Å²) in [6.45, 7) is 0.263. The fourth-order valence-electron chi connectivity index (χ4n) is 7.24. The van der Waals surface area contributed by atoms with Gasteiger partial charge in [-0.3, -0.25) is 70.9 Å². The van der Waals surface area contributed by atoms with Gasteiger partial charge in [-0.05, 0) is 51.4 Å².